The van der Waals surface area contributed by atoms with Crippen LogP contribution in [0.15, 0.2) is 52.0 Å². The lowest BCUT2D eigenvalue weighted by Crippen LogP contribution is -2.58. The number of hydrogen-bond donors (Lipinski definition) is 2. The number of benzene rings is 1. The van der Waals surface area contributed by atoms with Crippen LogP contribution in [0.4, 0.5) is 13.2 Å². The Hall–Kier alpha value is -3.28. The van der Waals surface area contributed by atoms with E-state index in [1.807, 2.05) is 0 Å². The Kier molecular flexibility index (Phi) is 3.73. The molecule has 0 amide bonds. The molecule has 1 aromatic heterocycles. The Morgan fingerprint density at radius 1 is 1.15 bits per heavy atom. The smallest absolute Gasteiger partial charge is 0.385 e. The Labute approximate surface area is 150 Å². The van der Waals surface area contributed by atoms with Crippen LogP contribution < -0.4 is 5.73 Å². The van der Waals surface area contributed by atoms with E-state index in [-0.39, 0.29) is 23.8 Å². The maximum Gasteiger partial charge on any atom is 0.438 e. The van der Waals surface area contributed by atoms with Crippen molar-refractivity contribution in [2.45, 2.75) is 24.7 Å². The maximum absolute atomic E-state index is 13.8. The molecular formula is C15H13F3N8O. The highest BCUT2D eigenvalue weighted by atomic mass is 19.4. The molecule has 1 atom stereocenters. The third-order valence-corrected chi connectivity index (χ3v) is 4.15. The van der Waals surface area contributed by atoms with Crippen molar-refractivity contribution < 1.29 is 18.3 Å². The Bertz CT molecular complexity index is 965. The molecule has 1 aromatic carbocycles. The van der Waals surface area contributed by atoms with Crippen molar-refractivity contribution >= 4 is 17.5 Å². The van der Waals surface area contributed by atoms with Crippen LogP contribution in [0.1, 0.15) is 17.8 Å². The van der Waals surface area contributed by atoms with E-state index in [9.17, 15) is 18.3 Å². The normalized spacial score (nSPS) is 22.7. The summed E-state index contributed by atoms with van der Waals surface area (Å²) in [6.45, 7) is 0. The van der Waals surface area contributed by atoms with Gasteiger partial charge >= 0.3 is 6.18 Å². The predicted octanol–water partition coefficient (Wildman–Crippen LogP) is 0.671. The number of hydrazone groups is 1. The van der Waals surface area contributed by atoms with Crippen molar-refractivity contribution in [3.63, 3.8) is 0 Å². The molecule has 2 aliphatic rings. The van der Waals surface area contributed by atoms with E-state index in [1.54, 1.807) is 30.3 Å². The molecule has 3 N–H and O–H groups in total. The van der Waals surface area contributed by atoms with Gasteiger partial charge in [-0.2, -0.15) is 33.1 Å². The van der Waals surface area contributed by atoms with Crippen molar-refractivity contribution in [2.24, 2.45) is 21.0 Å². The molecule has 0 spiro atoms. The zero-order valence-corrected chi connectivity index (χ0v) is 13.7. The zero-order valence-electron chi connectivity index (χ0n) is 13.7. The summed E-state index contributed by atoms with van der Waals surface area (Å²) in [4.78, 5) is 3.95. The second kappa shape index (κ2) is 5.87. The van der Waals surface area contributed by atoms with Gasteiger partial charge < -0.3 is 10.8 Å². The van der Waals surface area contributed by atoms with E-state index in [4.69, 9.17) is 5.73 Å². The monoisotopic (exact) mass is 378 g/mol. The minimum absolute atomic E-state index is 0.0422. The van der Waals surface area contributed by atoms with E-state index in [2.05, 4.69) is 25.4 Å². The lowest BCUT2D eigenvalue weighted by atomic mass is 10.0. The molecule has 2 aliphatic heterocycles. The van der Waals surface area contributed by atoms with E-state index in [0.717, 1.165) is 11.0 Å². The van der Waals surface area contributed by atoms with Crippen LogP contribution in [0.3, 0.4) is 0 Å². The highest BCUT2D eigenvalue weighted by molar-refractivity contribution is 6.04. The number of aliphatic hydroxyl groups is 1. The van der Waals surface area contributed by atoms with Gasteiger partial charge in [0.1, 0.15) is 18.0 Å². The van der Waals surface area contributed by atoms with Crippen LogP contribution in [0.5, 0.6) is 0 Å². The Balaban J connectivity index is 1.87. The van der Waals surface area contributed by atoms with Crippen molar-refractivity contribution in [2.75, 3.05) is 0 Å². The van der Waals surface area contributed by atoms with Gasteiger partial charge in [0.2, 0.25) is 0 Å². The van der Waals surface area contributed by atoms with Gasteiger partial charge in [-0.15, -0.1) is 10.2 Å². The summed E-state index contributed by atoms with van der Waals surface area (Å²) in [5, 5.41) is 26.2. The van der Waals surface area contributed by atoms with Crippen LogP contribution >= 0.6 is 0 Å². The van der Waals surface area contributed by atoms with Gasteiger partial charge in [-0.05, 0) is 5.56 Å². The molecule has 0 fully saturated rings. The molecule has 0 aliphatic carbocycles. The third-order valence-electron chi connectivity index (χ3n) is 4.15. The number of halogens is 3. The summed E-state index contributed by atoms with van der Waals surface area (Å²) >= 11 is 0. The molecule has 4 rings (SSSR count). The first-order chi connectivity index (χ1) is 12.8. The Morgan fingerprint density at radius 3 is 2.59 bits per heavy atom. The number of alkyl halides is 3. The first-order valence-electron chi connectivity index (χ1n) is 7.81. The average molecular weight is 378 g/mol. The second-order valence-corrected chi connectivity index (χ2v) is 5.97. The fourth-order valence-corrected chi connectivity index (χ4v) is 2.80. The molecular weight excluding hydrogens is 365 g/mol. The van der Waals surface area contributed by atoms with Gasteiger partial charge in [0.05, 0.1) is 18.6 Å². The fourth-order valence-electron chi connectivity index (χ4n) is 2.80. The van der Waals surface area contributed by atoms with E-state index < -0.39 is 24.3 Å². The SMILES string of the molecule is NC1=NN=C(N2N=C(c3ccccc3)C[C@]2(O)C(F)(F)F)n2ncnc2C1. The number of aromatic nitrogens is 3. The van der Waals surface area contributed by atoms with Crippen LogP contribution in [0.2, 0.25) is 0 Å². The molecule has 2 aromatic rings. The van der Waals surface area contributed by atoms with Gasteiger partial charge in [-0.3, -0.25) is 0 Å². The summed E-state index contributed by atoms with van der Waals surface area (Å²) in [7, 11) is 0. The maximum atomic E-state index is 13.8. The summed E-state index contributed by atoms with van der Waals surface area (Å²) in [5.41, 5.74) is 2.83. The molecule has 12 heteroatoms. The van der Waals surface area contributed by atoms with E-state index >= 15 is 0 Å². The molecule has 3 heterocycles. The van der Waals surface area contributed by atoms with E-state index in [0.29, 0.717) is 10.6 Å². The third kappa shape index (κ3) is 2.73. The second-order valence-electron chi connectivity index (χ2n) is 5.97. The fraction of sp³-hybridized carbons (Fsp3) is 0.267. The minimum Gasteiger partial charge on any atom is -0.385 e. The highest BCUT2D eigenvalue weighted by Crippen LogP contribution is 2.41. The average Bonchev–Trinajstić information content (AvgIpc) is 3.18. The molecule has 9 nitrogen and oxygen atoms in total. The van der Waals surface area contributed by atoms with Crippen LogP contribution in [0, 0.1) is 0 Å². The standard InChI is InChI=1S/C15H13F3N8O/c16-15(17,18)14(27)7-10(9-4-2-1-3-5-9)24-26(14)13-23-22-11(19)6-12-20-8-21-25(12)13/h1-5,8,27H,6-7H2,(H2,19,22)/t14-/m0/s1. The lowest BCUT2D eigenvalue weighted by molar-refractivity contribution is -0.295. The number of nitrogens with zero attached hydrogens (tertiary/aromatic N) is 7. The number of fused-ring (bicyclic) bond motifs is 1. The number of rotatable bonds is 1. The molecule has 0 unspecified atom stereocenters. The topological polar surface area (TPSA) is 117 Å². The van der Waals surface area contributed by atoms with Crippen LogP contribution in [-0.2, 0) is 6.42 Å². The van der Waals surface area contributed by atoms with Crippen molar-refractivity contribution in [1.82, 2.24) is 19.8 Å². The van der Waals surface area contributed by atoms with Crippen LogP contribution in [-0.4, -0.2) is 54.3 Å². The number of amidine groups is 1. The molecule has 140 valence electrons. The van der Waals surface area contributed by atoms with Gasteiger partial charge in [-0.25, -0.2) is 4.98 Å². The summed E-state index contributed by atoms with van der Waals surface area (Å²) < 4.78 is 42.4. The first kappa shape index (κ1) is 17.1. The first-order valence-corrected chi connectivity index (χ1v) is 7.81. The van der Waals surface area contributed by atoms with Crippen molar-refractivity contribution in [1.29, 1.82) is 0 Å². The molecule has 27 heavy (non-hydrogen) atoms. The molecule has 0 radical (unpaired) electrons. The summed E-state index contributed by atoms with van der Waals surface area (Å²) in [5.74, 6) is -0.185. The summed E-state index contributed by atoms with van der Waals surface area (Å²) in [6.07, 6.45) is -4.63. The zero-order chi connectivity index (χ0) is 19.2. The molecule has 0 bridgehead atoms. The van der Waals surface area contributed by atoms with Crippen LogP contribution in [0.25, 0.3) is 0 Å². The predicted molar refractivity (Wildman–Crippen MR) is 88.6 cm³/mol. The summed E-state index contributed by atoms with van der Waals surface area (Å²) in [6, 6.07) is 8.26. The molecule has 0 saturated carbocycles. The quantitative estimate of drug-likeness (QED) is 0.756. The lowest BCUT2D eigenvalue weighted by Gasteiger charge is -2.33. The highest BCUT2D eigenvalue weighted by Gasteiger charge is 2.63. The number of hydrogen-bond acceptors (Lipinski definition) is 8. The molecule has 0 saturated heterocycles. The van der Waals surface area contributed by atoms with Gasteiger partial charge in [0.25, 0.3) is 11.7 Å². The Morgan fingerprint density at radius 2 is 1.89 bits per heavy atom. The minimum atomic E-state index is -5.03. The van der Waals surface area contributed by atoms with Gasteiger partial charge in [0.15, 0.2) is 0 Å². The van der Waals surface area contributed by atoms with E-state index in [1.165, 1.54) is 0 Å². The van der Waals surface area contributed by atoms with Gasteiger partial charge in [0, 0.05) is 0 Å². The number of nitrogens with two attached hydrogens (primary N) is 1. The van der Waals surface area contributed by atoms with Crippen molar-refractivity contribution in [3.05, 3.63) is 48.0 Å². The van der Waals surface area contributed by atoms with Crippen molar-refractivity contribution in [3.8, 4) is 0 Å². The van der Waals surface area contributed by atoms with Gasteiger partial charge in [-0.1, -0.05) is 30.3 Å². The largest absolute Gasteiger partial charge is 0.438 e.